The van der Waals surface area contributed by atoms with Crippen LogP contribution in [-0.4, -0.2) is 9.97 Å². The molecule has 0 radical (unpaired) electrons. The normalized spacial score (nSPS) is 11.8. The van der Waals surface area contributed by atoms with Crippen LogP contribution in [-0.2, 0) is 6.18 Å². The average Bonchev–Trinajstić information content (AvgIpc) is 2.62. The number of rotatable bonds is 1. The van der Waals surface area contributed by atoms with Gasteiger partial charge in [0, 0.05) is 15.8 Å². The topological polar surface area (TPSA) is 51.8 Å². The Kier molecular flexibility index (Phi) is 2.78. The third-order valence-corrected chi connectivity index (χ3v) is 2.92. The fraction of sp³-hybridized carbons (Fsp3) is 0.200. The molecular formula is C10H8F3N3S. The first-order valence-electron chi connectivity index (χ1n) is 4.63. The van der Waals surface area contributed by atoms with Crippen molar-refractivity contribution in [2.75, 3.05) is 5.73 Å². The van der Waals surface area contributed by atoms with Crippen LogP contribution in [0.1, 0.15) is 10.6 Å². The summed E-state index contributed by atoms with van der Waals surface area (Å²) in [5.41, 5.74) is 5.06. The van der Waals surface area contributed by atoms with Gasteiger partial charge in [0.1, 0.15) is 0 Å². The largest absolute Gasteiger partial charge is 0.433 e. The molecule has 0 aromatic carbocycles. The van der Waals surface area contributed by atoms with Crippen LogP contribution in [0.2, 0.25) is 0 Å². The Morgan fingerprint density at radius 1 is 1.24 bits per heavy atom. The highest BCUT2D eigenvalue weighted by Gasteiger charge is 2.33. The standard InChI is InChI=1S/C10H8F3N3S/c1-5-2-6(4-17-5)7-3-8(10(11,12)13)16-9(14)15-7/h2-4H,1H3,(H2,14,15,16). The van der Waals surface area contributed by atoms with Gasteiger partial charge in [-0.25, -0.2) is 9.97 Å². The SMILES string of the molecule is Cc1cc(-c2cc(C(F)(F)F)nc(N)n2)cs1. The lowest BCUT2D eigenvalue weighted by atomic mass is 10.2. The summed E-state index contributed by atoms with van der Waals surface area (Å²) in [6.45, 7) is 1.86. The van der Waals surface area contributed by atoms with E-state index >= 15 is 0 Å². The number of nitrogen functional groups attached to an aromatic ring is 1. The molecule has 0 aliphatic carbocycles. The second-order valence-corrected chi connectivity index (χ2v) is 4.56. The molecule has 2 rings (SSSR count). The molecule has 0 saturated carbocycles. The zero-order valence-electron chi connectivity index (χ0n) is 8.75. The van der Waals surface area contributed by atoms with Crippen molar-refractivity contribution in [3.8, 4) is 11.3 Å². The molecule has 0 amide bonds. The Bertz CT molecular complexity index is 548. The van der Waals surface area contributed by atoms with Gasteiger partial charge in [-0.2, -0.15) is 13.2 Å². The Balaban J connectivity index is 2.52. The van der Waals surface area contributed by atoms with E-state index in [0.717, 1.165) is 10.9 Å². The molecule has 0 aliphatic heterocycles. The second-order valence-electron chi connectivity index (χ2n) is 3.44. The monoisotopic (exact) mass is 259 g/mol. The molecule has 3 nitrogen and oxygen atoms in total. The summed E-state index contributed by atoms with van der Waals surface area (Å²) < 4.78 is 37.6. The fourth-order valence-electron chi connectivity index (χ4n) is 1.34. The number of alkyl halides is 3. The molecule has 0 fully saturated rings. The number of halogens is 3. The van der Waals surface area contributed by atoms with Crippen molar-refractivity contribution < 1.29 is 13.2 Å². The molecule has 0 bridgehead atoms. The fourth-order valence-corrected chi connectivity index (χ4v) is 2.03. The van der Waals surface area contributed by atoms with Crippen LogP contribution in [0.4, 0.5) is 19.1 Å². The van der Waals surface area contributed by atoms with Crippen LogP contribution < -0.4 is 5.73 Å². The quantitative estimate of drug-likeness (QED) is 0.856. The molecule has 7 heteroatoms. The minimum absolute atomic E-state index is 0.189. The maximum Gasteiger partial charge on any atom is 0.433 e. The number of aryl methyl sites for hydroxylation is 1. The van der Waals surface area contributed by atoms with E-state index in [1.807, 2.05) is 6.92 Å². The summed E-state index contributed by atoms with van der Waals surface area (Å²) in [6, 6.07) is 2.66. The first kappa shape index (κ1) is 11.8. The van der Waals surface area contributed by atoms with E-state index in [9.17, 15) is 13.2 Å². The van der Waals surface area contributed by atoms with E-state index in [4.69, 9.17) is 5.73 Å². The molecule has 2 heterocycles. The predicted molar refractivity (Wildman–Crippen MR) is 59.5 cm³/mol. The van der Waals surface area contributed by atoms with Gasteiger partial charge in [0.15, 0.2) is 5.69 Å². The van der Waals surface area contributed by atoms with E-state index in [0.29, 0.717) is 5.56 Å². The van der Waals surface area contributed by atoms with Crippen LogP contribution in [0.15, 0.2) is 17.5 Å². The highest BCUT2D eigenvalue weighted by atomic mass is 32.1. The average molecular weight is 259 g/mol. The third-order valence-electron chi connectivity index (χ3n) is 2.06. The smallest absolute Gasteiger partial charge is 0.368 e. The number of thiophene rings is 1. The molecule has 0 aliphatic rings. The molecular weight excluding hydrogens is 251 g/mol. The predicted octanol–water partition coefficient (Wildman–Crippen LogP) is 3.11. The maximum atomic E-state index is 12.5. The van der Waals surface area contributed by atoms with Crippen molar-refractivity contribution in [2.24, 2.45) is 0 Å². The Labute approximate surface area is 99.1 Å². The number of hydrogen-bond donors (Lipinski definition) is 1. The number of anilines is 1. The van der Waals surface area contributed by atoms with Crippen LogP contribution in [0.3, 0.4) is 0 Å². The van der Waals surface area contributed by atoms with Crippen molar-refractivity contribution in [3.63, 3.8) is 0 Å². The van der Waals surface area contributed by atoms with Gasteiger partial charge in [0.05, 0.1) is 5.69 Å². The van der Waals surface area contributed by atoms with Crippen molar-refractivity contribution in [1.82, 2.24) is 9.97 Å². The van der Waals surface area contributed by atoms with Gasteiger partial charge < -0.3 is 5.73 Å². The summed E-state index contributed by atoms with van der Waals surface area (Å²) in [5.74, 6) is -0.376. The maximum absolute atomic E-state index is 12.5. The van der Waals surface area contributed by atoms with Gasteiger partial charge >= 0.3 is 6.18 Å². The lowest BCUT2D eigenvalue weighted by molar-refractivity contribution is -0.141. The third kappa shape index (κ3) is 2.55. The van der Waals surface area contributed by atoms with Gasteiger partial charge in [0.25, 0.3) is 0 Å². The minimum Gasteiger partial charge on any atom is -0.368 e. The van der Waals surface area contributed by atoms with Crippen molar-refractivity contribution in [1.29, 1.82) is 0 Å². The van der Waals surface area contributed by atoms with Crippen LogP contribution >= 0.6 is 11.3 Å². The molecule has 0 saturated heterocycles. The summed E-state index contributed by atoms with van der Waals surface area (Å²) in [5, 5.41) is 1.73. The molecule has 17 heavy (non-hydrogen) atoms. The van der Waals surface area contributed by atoms with Gasteiger partial charge in [-0.3, -0.25) is 0 Å². The molecule has 0 unspecified atom stereocenters. The summed E-state index contributed by atoms with van der Waals surface area (Å²) in [4.78, 5) is 7.98. The van der Waals surface area contributed by atoms with E-state index in [-0.39, 0.29) is 11.6 Å². The van der Waals surface area contributed by atoms with Gasteiger partial charge in [-0.05, 0) is 19.1 Å². The zero-order chi connectivity index (χ0) is 12.6. The second kappa shape index (κ2) is 3.99. The van der Waals surface area contributed by atoms with Gasteiger partial charge in [-0.1, -0.05) is 0 Å². The Hall–Kier alpha value is -1.63. The van der Waals surface area contributed by atoms with E-state index in [1.54, 1.807) is 11.4 Å². The zero-order valence-corrected chi connectivity index (χ0v) is 9.56. The molecule has 2 aromatic rings. The lowest BCUT2D eigenvalue weighted by Gasteiger charge is -2.07. The number of aromatic nitrogens is 2. The summed E-state index contributed by atoms with van der Waals surface area (Å²) in [6.07, 6.45) is -4.52. The van der Waals surface area contributed by atoms with Crippen molar-refractivity contribution in [2.45, 2.75) is 13.1 Å². The highest BCUT2D eigenvalue weighted by Crippen LogP contribution is 2.31. The first-order chi connectivity index (χ1) is 7.86. The molecule has 0 atom stereocenters. The number of nitrogens with zero attached hydrogens (tertiary/aromatic N) is 2. The van der Waals surface area contributed by atoms with Gasteiger partial charge in [0.2, 0.25) is 5.95 Å². The Morgan fingerprint density at radius 2 is 1.94 bits per heavy atom. The molecule has 0 spiro atoms. The highest BCUT2D eigenvalue weighted by molar-refractivity contribution is 7.10. The van der Waals surface area contributed by atoms with E-state index in [1.165, 1.54) is 11.3 Å². The first-order valence-corrected chi connectivity index (χ1v) is 5.51. The van der Waals surface area contributed by atoms with Gasteiger partial charge in [-0.15, -0.1) is 11.3 Å². The minimum atomic E-state index is -4.52. The summed E-state index contributed by atoms with van der Waals surface area (Å²) in [7, 11) is 0. The Morgan fingerprint density at radius 3 is 2.47 bits per heavy atom. The lowest BCUT2D eigenvalue weighted by Crippen LogP contribution is -2.11. The number of hydrogen-bond acceptors (Lipinski definition) is 4. The van der Waals surface area contributed by atoms with Crippen molar-refractivity contribution in [3.05, 3.63) is 28.1 Å². The number of nitrogens with two attached hydrogens (primary N) is 1. The van der Waals surface area contributed by atoms with Crippen molar-refractivity contribution >= 4 is 17.3 Å². The van der Waals surface area contributed by atoms with E-state index in [2.05, 4.69) is 9.97 Å². The molecule has 2 aromatic heterocycles. The van der Waals surface area contributed by atoms with Crippen LogP contribution in [0, 0.1) is 6.92 Å². The summed E-state index contributed by atoms with van der Waals surface area (Å²) >= 11 is 1.44. The van der Waals surface area contributed by atoms with Crippen LogP contribution in [0.5, 0.6) is 0 Å². The van der Waals surface area contributed by atoms with Crippen LogP contribution in [0.25, 0.3) is 11.3 Å². The molecule has 2 N–H and O–H groups in total. The van der Waals surface area contributed by atoms with E-state index < -0.39 is 11.9 Å². The molecule has 90 valence electrons.